The van der Waals surface area contributed by atoms with E-state index < -0.39 is 17.7 Å². The van der Waals surface area contributed by atoms with E-state index >= 15 is 0 Å². The molecule has 0 heterocycles. The van der Waals surface area contributed by atoms with Crippen LogP contribution in [0.25, 0.3) is 0 Å². The first-order chi connectivity index (χ1) is 15.8. The molecule has 2 aromatic carbocycles. The maximum Gasteiger partial charge on any atom is 0.276 e. The molecular weight excluding hydrogens is 473 g/mol. The maximum absolute atomic E-state index is 13.1. The van der Waals surface area contributed by atoms with Crippen LogP contribution in [-0.2, 0) is 9.59 Å². The van der Waals surface area contributed by atoms with Gasteiger partial charge >= 0.3 is 0 Å². The van der Waals surface area contributed by atoms with Gasteiger partial charge in [0.05, 0.1) is 32.5 Å². The van der Waals surface area contributed by atoms with Crippen LogP contribution >= 0.6 is 23.4 Å². The van der Waals surface area contributed by atoms with E-state index in [1.165, 1.54) is 33.3 Å². The van der Waals surface area contributed by atoms with Crippen LogP contribution in [0.3, 0.4) is 0 Å². The van der Waals surface area contributed by atoms with Crippen molar-refractivity contribution in [2.45, 2.75) is 26.8 Å². The Kier molecular flexibility index (Phi) is 9.74. The third kappa shape index (κ3) is 6.49. The van der Waals surface area contributed by atoms with E-state index in [4.69, 9.17) is 42.3 Å². The van der Waals surface area contributed by atoms with Crippen LogP contribution in [0.5, 0.6) is 23.0 Å². The summed E-state index contributed by atoms with van der Waals surface area (Å²) in [5.74, 6) is 0.110. The van der Waals surface area contributed by atoms with E-state index in [0.717, 1.165) is 4.42 Å². The second-order valence-corrected chi connectivity index (χ2v) is 7.25. The second kappa shape index (κ2) is 12.3. The van der Waals surface area contributed by atoms with E-state index in [9.17, 15) is 9.59 Å². The van der Waals surface area contributed by atoms with Gasteiger partial charge in [-0.2, -0.15) is 10.2 Å². The number of rotatable bonds is 11. The van der Waals surface area contributed by atoms with Crippen molar-refractivity contribution in [2.24, 2.45) is 10.2 Å². The zero-order valence-electron chi connectivity index (χ0n) is 18.9. The minimum absolute atomic E-state index is 0.218. The van der Waals surface area contributed by atoms with Crippen molar-refractivity contribution < 1.29 is 28.5 Å². The summed E-state index contributed by atoms with van der Waals surface area (Å²) in [4.78, 5) is 25.3. The molecule has 33 heavy (non-hydrogen) atoms. The van der Waals surface area contributed by atoms with Crippen molar-refractivity contribution in [3.8, 4) is 23.0 Å². The molecule has 0 aliphatic rings. The second-order valence-electron chi connectivity index (χ2n) is 6.50. The van der Waals surface area contributed by atoms with Gasteiger partial charge < -0.3 is 18.9 Å². The fraction of sp³-hybridized carbons (Fsp3) is 0.364. The number of Topliss-reactive ketones (excluding diaryl/α,β-unsaturated/α-hetero) is 1. The predicted molar refractivity (Wildman–Crippen MR) is 126 cm³/mol. The van der Waals surface area contributed by atoms with Gasteiger partial charge in [-0.15, -0.1) is 0 Å². The number of carbonyl (C=O) groups excluding carboxylic acids is 2. The maximum atomic E-state index is 13.1. The molecule has 178 valence electrons. The average molecular weight is 498 g/mol. The molecule has 2 rings (SSSR count). The van der Waals surface area contributed by atoms with Crippen molar-refractivity contribution in [3.63, 3.8) is 0 Å². The lowest BCUT2D eigenvalue weighted by atomic mass is 10.2. The highest BCUT2D eigenvalue weighted by Gasteiger charge is 2.30. The first kappa shape index (κ1) is 26.2. The van der Waals surface area contributed by atoms with Gasteiger partial charge in [0, 0.05) is 30.0 Å². The highest BCUT2D eigenvalue weighted by molar-refractivity contribution is 6.39. The third-order valence-corrected chi connectivity index (χ3v) is 4.94. The monoisotopic (exact) mass is 497 g/mol. The molecule has 0 fully saturated rings. The summed E-state index contributed by atoms with van der Waals surface area (Å²) in [6.45, 7) is 5.64. The van der Waals surface area contributed by atoms with Gasteiger partial charge in [-0.3, -0.25) is 9.59 Å². The van der Waals surface area contributed by atoms with Gasteiger partial charge in [-0.25, -0.2) is 4.42 Å². The number of hydrogen-bond acceptors (Lipinski definition) is 8. The van der Waals surface area contributed by atoms with Gasteiger partial charge in [0.2, 0.25) is 6.04 Å². The Morgan fingerprint density at radius 3 is 2.24 bits per heavy atom. The molecule has 0 spiro atoms. The van der Waals surface area contributed by atoms with Crippen molar-refractivity contribution >= 4 is 46.4 Å². The molecule has 0 saturated heterocycles. The van der Waals surface area contributed by atoms with Gasteiger partial charge in [0.1, 0.15) is 34.4 Å². The van der Waals surface area contributed by atoms with Gasteiger partial charge in [0.15, 0.2) is 5.78 Å². The highest BCUT2D eigenvalue weighted by Crippen LogP contribution is 2.38. The Bertz CT molecular complexity index is 1030. The fourth-order valence-electron chi connectivity index (χ4n) is 2.76. The van der Waals surface area contributed by atoms with Crippen molar-refractivity contribution in [1.82, 2.24) is 0 Å². The predicted octanol–water partition coefficient (Wildman–Crippen LogP) is 5.38. The van der Waals surface area contributed by atoms with Gasteiger partial charge in [-0.05, 0) is 32.9 Å². The Morgan fingerprint density at radius 2 is 1.67 bits per heavy atom. The van der Waals surface area contributed by atoms with Crippen molar-refractivity contribution in [2.75, 3.05) is 31.9 Å². The normalized spacial score (nSPS) is 11.7. The summed E-state index contributed by atoms with van der Waals surface area (Å²) in [6.07, 6.45) is 0. The minimum Gasteiger partial charge on any atom is -0.495 e. The van der Waals surface area contributed by atoms with Crippen molar-refractivity contribution in [3.05, 3.63) is 35.4 Å². The summed E-state index contributed by atoms with van der Waals surface area (Å²) in [5, 5.41) is 8.26. The Morgan fingerprint density at radius 1 is 1.00 bits per heavy atom. The topological polar surface area (TPSA) is 99.0 Å². The van der Waals surface area contributed by atoms with Crippen molar-refractivity contribution in [1.29, 1.82) is 0 Å². The number of hydrogen-bond donors (Lipinski definition) is 0. The molecule has 0 radical (unpaired) electrons. The molecule has 0 aliphatic carbocycles. The number of ether oxygens (including phenoxy) is 4. The van der Waals surface area contributed by atoms with Crippen LogP contribution in [-0.4, -0.2) is 45.2 Å². The number of benzene rings is 2. The Labute approximate surface area is 202 Å². The number of methoxy groups -OCH3 is 2. The van der Waals surface area contributed by atoms with Crippen LogP contribution in [0, 0.1) is 0 Å². The van der Waals surface area contributed by atoms with Crippen LogP contribution in [0.2, 0.25) is 5.02 Å². The lowest BCUT2D eigenvalue weighted by Gasteiger charge is -2.20. The molecule has 1 atom stereocenters. The molecule has 2 aromatic rings. The molecule has 0 aliphatic heterocycles. The first-order valence-electron chi connectivity index (χ1n) is 9.99. The largest absolute Gasteiger partial charge is 0.495 e. The van der Waals surface area contributed by atoms with E-state index in [-0.39, 0.29) is 17.1 Å². The first-order valence-corrected chi connectivity index (χ1v) is 10.7. The van der Waals surface area contributed by atoms with Crippen LogP contribution in [0.4, 0.5) is 11.4 Å². The van der Waals surface area contributed by atoms with Crippen LogP contribution in [0.1, 0.15) is 20.8 Å². The molecule has 0 aromatic heterocycles. The molecule has 0 bridgehead atoms. The molecular formula is C22H25Cl2N3O6. The summed E-state index contributed by atoms with van der Waals surface area (Å²) in [5.41, 5.74) is 0.453. The number of nitrogens with zero attached hydrogens (tertiary/aromatic N) is 3. The number of amides is 1. The minimum atomic E-state index is -1.50. The summed E-state index contributed by atoms with van der Waals surface area (Å²) in [6, 6.07) is 6.27. The molecule has 9 nitrogen and oxygen atoms in total. The smallest absolute Gasteiger partial charge is 0.276 e. The average Bonchev–Trinajstić information content (AvgIpc) is 2.79. The highest BCUT2D eigenvalue weighted by atomic mass is 35.5. The number of anilines is 1. The summed E-state index contributed by atoms with van der Waals surface area (Å²) >= 11 is 12.4. The van der Waals surface area contributed by atoms with Crippen LogP contribution < -0.4 is 23.4 Å². The molecule has 1 amide bonds. The molecule has 1 unspecified atom stereocenters. The number of carbonyl (C=O) groups is 2. The SMILES string of the molecule is CCOc1ccc(N(Cl)C(=O)C(N=Nc2cc(OC)c(Cl)cc2OC)C(C)=O)c(OCC)c1. The number of azo groups is 1. The van der Waals surface area contributed by atoms with E-state index in [1.807, 2.05) is 6.92 Å². The number of ketones is 1. The molecule has 0 saturated carbocycles. The van der Waals surface area contributed by atoms with Gasteiger partial charge in [0.25, 0.3) is 5.91 Å². The molecule has 0 N–H and O–H groups in total. The summed E-state index contributed by atoms with van der Waals surface area (Å²) < 4.78 is 22.2. The van der Waals surface area contributed by atoms with E-state index in [2.05, 4.69) is 10.2 Å². The lowest BCUT2D eigenvalue weighted by molar-refractivity contribution is -0.126. The van der Waals surface area contributed by atoms with E-state index in [0.29, 0.717) is 35.5 Å². The van der Waals surface area contributed by atoms with E-state index in [1.54, 1.807) is 25.1 Å². The standard InChI is InChI=1S/C22H25Cl2N3O6/c1-6-32-14-8-9-17(20(10-14)33-7-2)27(24)22(29)21(13(3)28)26-25-16-12-18(30-4)15(23)11-19(16)31-5/h8-12,21H,6-7H2,1-5H3. The zero-order valence-corrected chi connectivity index (χ0v) is 20.4. The van der Waals surface area contributed by atoms with Gasteiger partial charge in [-0.1, -0.05) is 11.6 Å². The third-order valence-electron chi connectivity index (χ3n) is 4.30. The Balaban J connectivity index is 2.39. The quantitative estimate of drug-likeness (QED) is 0.234. The van der Waals surface area contributed by atoms with Crippen LogP contribution in [0.15, 0.2) is 40.6 Å². The zero-order chi connectivity index (χ0) is 24.5. The fourth-order valence-corrected chi connectivity index (χ4v) is 3.22. The summed E-state index contributed by atoms with van der Waals surface area (Å²) in [7, 11) is 2.86. The molecule has 11 heteroatoms. The lowest BCUT2D eigenvalue weighted by Crippen LogP contribution is -2.36. The number of halogens is 2. The Hall–Kier alpha value is -3.04.